The van der Waals surface area contributed by atoms with Crippen LogP contribution >= 0.6 is 11.6 Å². The molecule has 1 heterocycles. The van der Waals surface area contributed by atoms with Crippen LogP contribution in [0.15, 0.2) is 176 Å². The van der Waals surface area contributed by atoms with Gasteiger partial charge in [0.15, 0.2) is 26.1 Å². The van der Waals surface area contributed by atoms with Gasteiger partial charge in [-0.05, 0) is 286 Å². The van der Waals surface area contributed by atoms with Crippen molar-refractivity contribution in [2.75, 3.05) is 67.6 Å². The van der Waals surface area contributed by atoms with Crippen molar-refractivity contribution >= 4 is 59.0 Å². The van der Waals surface area contributed by atoms with Crippen molar-refractivity contribution in [2.45, 2.75) is 283 Å². The highest BCUT2D eigenvalue weighted by Gasteiger charge is 2.51. The number of aliphatic hydroxyl groups is 1. The molecule has 3 saturated carbocycles. The summed E-state index contributed by atoms with van der Waals surface area (Å²) in [4.78, 5) is 96.3. The van der Waals surface area contributed by atoms with Crippen molar-refractivity contribution < 1.29 is 124 Å². The summed E-state index contributed by atoms with van der Waals surface area (Å²) in [5, 5.41) is 19.4. The van der Waals surface area contributed by atoms with Crippen molar-refractivity contribution in [1.82, 2.24) is 0 Å². The molecule has 0 radical (unpaired) electrons. The molecule has 1 unspecified atom stereocenters. The van der Waals surface area contributed by atoms with Gasteiger partial charge in [0.1, 0.15) is 87.9 Å². The Kier molecular flexibility index (Phi) is 47.2. The number of fused-ring (bicyclic) bond motifs is 6. The van der Waals surface area contributed by atoms with Crippen LogP contribution in [-0.4, -0.2) is 168 Å². The molecule has 0 aromatic heterocycles. The monoisotopic (exact) mass is 1950 g/mol. The van der Waals surface area contributed by atoms with Crippen LogP contribution in [0, 0.1) is 53.3 Å². The van der Waals surface area contributed by atoms with Gasteiger partial charge >= 0.3 is 42.2 Å². The number of rotatable bonds is 50. The summed E-state index contributed by atoms with van der Waals surface area (Å²) >= 11 is 4.81. The first-order chi connectivity index (χ1) is 68.2. The lowest BCUT2D eigenvalue weighted by Gasteiger charge is -2.33. The molecule has 14 rings (SSSR count). The third-order valence-electron chi connectivity index (χ3n) is 28.1. The molecule has 4 fully saturated rings. The zero-order chi connectivity index (χ0) is 99.2. The number of unbranched alkanes of at least 4 members (excludes halogenated alkanes) is 6. The van der Waals surface area contributed by atoms with E-state index in [1.54, 1.807) is 0 Å². The summed E-state index contributed by atoms with van der Waals surface area (Å²) in [6, 6.07) is 56.3. The largest absolute Gasteiger partial charge is 0.508 e. The Balaban J connectivity index is 0.000000199. The minimum absolute atomic E-state index is 0.00154. The second-order valence-electron chi connectivity index (χ2n) is 38.0. The second-order valence-corrected chi connectivity index (χ2v) is 38.4. The summed E-state index contributed by atoms with van der Waals surface area (Å²) in [7, 11) is 4.39. The number of ether oxygens (including phenoxy) is 16. The average Bonchev–Trinajstić information content (AvgIpc) is 1.64. The van der Waals surface area contributed by atoms with Crippen LogP contribution in [-0.2, 0) is 155 Å². The zero-order valence-corrected chi connectivity index (χ0v) is 83.3. The maximum Gasteiger partial charge on any atom is 0.508 e. The summed E-state index contributed by atoms with van der Waals surface area (Å²) in [6.45, 7) is 7.23. The van der Waals surface area contributed by atoms with Crippen LogP contribution in [0.3, 0.4) is 0 Å². The number of benzene rings is 7. The van der Waals surface area contributed by atoms with Crippen molar-refractivity contribution in [3.63, 3.8) is 0 Å². The topological polar surface area (TPSA) is 325 Å². The number of hydrogen-bond acceptors (Lipinski definition) is 25. The number of carbonyl (C=O) groups excluding carboxylic acids is 7. The SMILES string of the molecule is CCCCC[C@@H](CC[C@@H]1[C@H]2Cc3cccc(OCC(=O)O)c3C[C@H]2C[C@H]1O)OC(=O)COC.CCCCC[C@@H](CC[C@@H]1[C@H]2Cc3cccc(OCC(=O)OCc4ccccc4)c3C[C@H]2C[C@H]1OC(=O)OCc1ccccc1)OC(=O)COC.CCCCC[C@@H](CC[C@@H]1[C@H]2Cc3cccc(OCC(=O)OCc4ccccc4)c3C[C@H]2C[C@H]1OC(=O)OCc1ccccc1)OC1CCCCO1.COCC(=O)Cl. The number of carboxylic acids is 1. The van der Waals surface area contributed by atoms with Crippen LogP contribution in [0.5, 0.6) is 17.2 Å². The van der Waals surface area contributed by atoms with Gasteiger partial charge in [-0.3, -0.25) is 4.79 Å². The van der Waals surface area contributed by atoms with Crippen molar-refractivity contribution in [3.05, 3.63) is 232 Å². The molecule has 762 valence electrons. The molecule has 2 N–H and O–H groups in total. The number of esters is 4. The number of hydrogen-bond donors (Lipinski definition) is 2. The van der Waals surface area contributed by atoms with E-state index in [2.05, 4.69) is 43.7 Å². The van der Waals surface area contributed by atoms with Crippen LogP contribution in [0.25, 0.3) is 0 Å². The second kappa shape index (κ2) is 60.1. The van der Waals surface area contributed by atoms with E-state index < -0.39 is 35.5 Å². The number of halogens is 1. The van der Waals surface area contributed by atoms with Gasteiger partial charge in [0.25, 0.3) is 0 Å². The highest BCUT2D eigenvalue weighted by atomic mass is 35.5. The van der Waals surface area contributed by atoms with E-state index >= 15 is 0 Å². The molecule has 26 nitrogen and oxygen atoms in total. The molecular formula is C113H147ClO26. The first-order valence-electron chi connectivity index (χ1n) is 50.7. The Hall–Kier alpha value is -10.5. The maximum atomic E-state index is 13.1. The maximum absolute atomic E-state index is 13.1. The fourth-order valence-corrected chi connectivity index (χ4v) is 21.5. The molecule has 16 atom stereocenters. The smallest absolute Gasteiger partial charge is 0.482 e. The molecule has 7 aromatic carbocycles. The minimum atomic E-state index is -0.989. The van der Waals surface area contributed by atoms with Gasteiger partial charge in [-0.1, -0.05) is 223 Å². The lowest BCUT2D eigenvalue weighted by molar-refractivity contribution is -0.191. The highest BCUT2D eigenvalue weighted by molar-refractivity contribution is 6.63. The van der Waals surface area contributed by atoms with E-state index in [1.165, 1.54) is 50.9 Å². The van der Waals surface area contributed by atoms with Crippen molar-refractivity contribution in [1.29, 1.82) is 0 Å². The third-order valence-corrected chi connectivity index (χ3v) is 28.2. The van der Waals surface area contributed by atoms with Gasteiger partial charge in [0, 0.05) is 27.9 Å². The van der Waals surface area contributed by atoms with Crippen LogP contribution < -0.4 is 14.2 Å². The lowest BCUT2D eigenvalue weighted by atomic mass is 9.73. The third kappa shape index (κ3) is 36.2. The Morgan fingerprint density at radius 3 is 1.11 bits per heavy atom. The summed E-state index contributed by atoms with van der Waals surface area (Å²) in [5.41, 5.74) is 10.6. The summed E-state index contributed by atoms with van der Waals surface area (Å²) in [6.07, 6.45) is 24.9. The molecule has 6 aliphatic carbocycles. The predicted molar refractivity (Wildman–Crippen MR) is 527 cm³/mol. The molecule has 0 bridgehead atoms. The number of carbonyl (C=O) groups is 8. The van der Waals surface area contributed by atoms with Gasteiger partial charge in [0.05, 0.1) is 12.2 Å². The molecule has 0 amide bonds. The van der Waals surface area contributed by atoms with Crippen molar-refractivity contribution in [2.24, 2.45) is 53.3 Å². The first-order valence-corrected chi connectivity index (χ1v) is 51.1. The predicted octanol–water partition coefficient (Wildman–Crippen LogP) is 21.1. The van der Waals surface area contributed by atoms with Crippen molar-refractivity contribution in [3.8, 4) is 17.2 Å². The van der Waals surface area contributed by atoms with Gasteiger partial charge in [-0.15, -0.1) is 0 Å². The Bertz CT molecular complexity index is 4880. The molecule has 27 heteroatoms. The number of methoxy groups -OCH3 is 3. The highest BCUT2D eigenvalue weighted by Crippen LogP contribution is 2.53. The van der Waals surface area contributed by atoms with Gasteiger partial charge < -0.3 is 86.0 Å². The molecule has 0 spiro atoms. The average molecular weight is 1960 g/mol. The fourth-order valence-electron chi connectivity index (χ4n) is 21.4. The van der Waals surface area contributed by atoms with Crippen LogP contribution in [0.2, 0.25) is 0 Å². The van der Waals surface area contributed by atoms with E-state index in [4.69, 9.17) is 87.8 Å². The quantitative estimate of drug-likeness (QED) is 0.0155. The Morgan fingerprint density at radius 2 is 0.750 bits per heavy atom. The Morgan fingerprint density at radius 1 is 0.386 bits per heavy atom. The summed E-state index contributed by atoms with van der Waals surface area (Å²) in [5.74, 6) is 1.82. The van der Waals surface area contributed by atoms with E-state index in [1.807, 2.05) is 158 Å². The van der Waals surface area contributed by atoms with E-state index in [9.17, 15) is 43.5 Å². The molecular weight excluding hydrogens is 1810 g/mol. The Labute approximate surface area is 831 Å². The van der Waals surface area contributed by atoms with Gasteiger partial charge in [-0.25, -0.2) is 33.6 Å². The van der Waals surface area contributed by atoms with E-state index in [0.717, 1.165) is 218 Å². The number of carboxylic acid groups (broad SMARTS) is 1. The number of aliphatic carboxylic acids is 1. The molecule has 7 aromatic rings. The molecule has 140 heavy (non-hydrogen) atoms. The number of aliphatic hydroxyl groups excluding tert-OH is 1. The molecule has 7 aliphatic rings. The van der Waals surface area contributed by atoms with Crippen LogP contribution in [0.4, 0.5) is 9.59 Å². The normalized spacial score (nSPS) is 21.6. The lowest BCUT2D eigenvalue weighted by Crippen LogP contribution is -2.32. The minimum Gasteiger partial charge on any atom is -0.482 e. The van der Waals surface area contributed by atoms with E-state index in [-0.39, 0.29) is 151 Å². The fraction of sp³-hybridized carbons (Fsp3) is 0.558. The zero-order valence-electron chi connectivity index (χ0n) is 82.5. The standard InChI is InChI=1S/C43H54O8.C41H50O9.C26H38O7.C3H5ClO2/c1-2-3-6-19-35(50-42-21-11-12-24-46-42)22-23-36-37-25-33-18-13-20-39(47-30-41(44)48-28-31-14-7-4-8-15-31)38(33)26-34(37)27-40(36)51-43(45)49-29-32-16-9-5-10-17-32;1-3-4-7-18-33(49-40(43)27-45-2)20-21-34-35-22-31-17-12-19-37(46-28-39(42)47-25-29-13-8-5-9-14-29)36(31)23-32(35)24-38(34)50-41(44)48-26-30-15-10-6-11-16-30;1-3-4-5-8-19(33-26(30)16-31-2)10-11-20-21-12-17-7-6-9-24(32-15-25(28)29)22(17)13-18(21)14-23(20)27;1-6-2-3(4)5/h4-5,7-10,13-18,20,34-37,40,42H,2-3,6,11-12,19,21-30H2,1H3;5-6,8-17,19,32-35,38H,3-4,7,18,20-28H2,1-2H3;6-7,9,18-21,23,27H,3-5,8,10-16H2,1-2H3,(H,28,29);2H2,1H3/t34-,35-,36+,37-,40+,42?;32-,33-,34+,35-,38+;18-,19-,20+,21-,23+;/m000./s1. The van der Waals surface area contributed by atoms with Gasteiger partial charge in [0.2, 0.25) is 5.24 Å². The summed E-state index contributed by atoms with van der Waals surface area (Å²) < 4.78 is 90.3. The molecule has 1 saturated heterocycles. The molecule has 1 aliphatic heterocycles. The van der Waals surface area contributed by atoms with Gasteiger partial charge in [-0.2, -0.15) is 0 Å². The van der Waals surface area contributed by atoms with Crippen LogP contribution in [0.1, 0.15) is 231 Å². The van der Waals surface area contributed by atoms with E-state index in [0.29, 0.717) is 48.0 Å². The first kappa shape index (κ1) is 110.